The second-order valence-corrected chi connectivity index (χ2v) is 3.62. The van der Waals surface area contributed by atoms with Crippen LogP contribution in [0.1, 0.15) is 10.4 Å². The summed E-state index contributed by atoms with van der Waals surface area (Å²) < 4.78 is 0. The third-order valence-corrected chi connectivity index (χ3v) is 2.00. The van der Waals surface area contributed by atoms with Crippen molar-refractivity contribution < 1.29 is 9.90 Å². The second-order valence-electron chi connectivity index (χ2n) is 3.62. The van der Waals surface area contributed by atoms with E-state index in [0.29, 0.717) is 5.56 Å². The predicted octanol–water partition coefficient (Wildman–Crippen LogP) is 1.36. The van der Waals surface area contributed by atoms with Crippen molar-refractivity contribution in [2.45, 2.75) is 0 Å². The van der Waals surface area contributed by atoms with Gasteiger partial charge >= 0.3 is 5.97 Å². The smallest absolute Gasteiger partial charge is 0.335 e. The van der Waals surface area contributed by atoms with Crippen LogP contribution in [0.15, 0.2) is 24.3 Å². The predicted molar refractivity (Wildman–Crippen MR) is 60.4 cm³/mol. The van der Waals surface area contributed by atoms with Crippen LogP contribution in [-0.2, 0) is 0 Å². The minimum atomic E-state index is -0.897. The molecule has 0 aromatic heterocycles. The molecule has 0 bridgehead atoms. The number of hydrogen-bond donors (Lipinski definition) is 2. The van der Waals surface area contributed by atoms with Crippen LogP contribution in [0.3, 0.4) is 0 Å². The summed E-state index contributed by atoms with van der Waals surface area (Å²) in [6.07, 6.45) is 0. The number of aromatic carboxylic acids is 1. The molecule has 0 heterocycles. The number of carboxylic acid groups (broad SMARTS) is 1. The zero-order valence-corrected chi connectivity index (χ0v) is 9.03. The van der Waals surface area contributed by atoms with Gasteiger partial charge in [0.2, 0.25) is 0 Å². The topological polar surface area (TPSA) is 52.6 Å². The Balaban J connectivity index is 2.54. The van der Waals surface area contributed by atoms with Crippen molar-refractivity contribution in [3.8, 4) is 0 Å². The van der Waals surface area contributed by atoms with Gasteiger partial charge in [0, 0.05) is 18.8 Å². The first-order chi connectivity index (χ1) is 7.09. The minimum absolute atomic E-state index is 0.310. The van der Waals surface area contributed by atoms with E-state index in [4.69, 9.17) is 5.11 Å². The Morgan fingerprint density at radius 3 is 2.80 bits per heavy atom. The molecule has 0 aliphatic heterocycles. The molecule has 0 saturated carbocycles. The van der Waals surface area contributed by atoms with Gasteiger partial charge in [-0.05, 0) is 32.3 Å². The van der Waals surface area contributed by atoms with Crippen LogP contribution in [0, 0.1) is 0 Å². The SMILES string of the molecule is CN(C)CCNc1cccc(C(=O)O)c1. The Hall–Kier alpha value is -1.55. The molecule has 0 atom stereocenters. The molecule has 0 aliphatic carbocycles. The van der Waals surface area contributed by atoms with Crippen molar-refractivity contribution in [3.05, 3.63) is 29.8 Å². The summed E-state index contributed by atoms with van der Waals surface area (Å²) in [7, 11) is 3.99. The molecule has 1 rings (SSSR count). The number of carboxylic acids is 1. The Morgan fingerprint density at radius 2 is 2.20 bits per heavy atom. The Kier molecular flexibility index (Phi) is 4.12. The zero-order chi connectivity index (χ0) is 11.3. The molecule has 15 heavy (non-hydrogen) atoms. The van der Waals surface area contributed by atoms with E-state index in [0.717, 1.165) is 18.8 Å². The maximum atomic E-state index is 10.7. The minimum Gasteiger partial charge on any atom is -0.478 e. The highest BCUT2D eigenvalue weighted by Gasteiger charge is 2.02. The molecule has 4 heteroatoms. The van der Waals surface area contributed by atoms with E-state index < -0.39 is 5.97 Å². The van der Waals surface area contributed by atoms with Gasteiger partial charge in [-0.3, -0.25) is 0 Å². The zero-order valence-electron chi connectivity index (χ0n) is 9.03. The van der Waals surface area contributed by atoms with Crippen molar-refractivity contribution in [2.75, 3.05) is 32.5 Å². The van der Waals surface area contributed by atoms with Crippen LogP contribution >= 0.6 is 0 Å². The molecular weight excluding hydrogens is 192 g/mol. The molecule has 2 N–H and O–H groups in total. The van der Waals surface area contributed by atoms with Crippen molar-refractivity contribution >= 4 is 11.7 Å². The average molecular weight is 208 g/mol. The maximum Gasteiger partial charge on any atom is 0.335 e. The summed E-state index contributed by atoms with van der Waals surface area (Å²) in [4.78, 5) is 12.8. The van der Waals surface area contributed by atoms with E-state index in [1.807, 2.05) is 20.2 Å². The van der Waals surface area contributed by atoms with Gasteiger partial charge in [-0.15, -0.1) is 0 Å². The number of nitrogens with zero attached hydrogens (tertiary/aromatic N) is 1. The molecular formula is C11H16N2O2. The Bertz CT molecular complexity index is 337. The number of anilines is 1. The van der Waals surface area contributed by atoms with Gasteiger partial charge in [-0.2, -0.15) is 0 Å². The summed E-state index contributed by atoms with van der Waals surface area (Å²) in [5, 5.41) is 12.0. The lowest BCUT2D eigenvalue weighted by atomic mass is 10.2. The average Bonchev–Trinajstić information content (AvgIpc) is 2.17. The van der Waals surface area contributed by atoms with Gasteiger partial charge in [0.25, 0.3) is 0 Å². The third kappa shape index (κ3) is 3.99. The van der Waals surface area contributed by atoms with Crippen molar-refractivity contribution in [2.24, 2.45) is 0 Å². The molecule has 82 valence electrons. The summed E-state index contributed by atoms with van der Waals surface area (Å²) in [6.45, 7) is 1.72. The first-order valence-corrected chi connectivity index (χ1v) is 4.81. The quantitative estimate of drug-likeness (QED) is 0.767. The van der Waals surface area contributed by atoms with E-state index in [1.165, 1.54) is 0 Å². The van der Waals surface area contributed by atoms with Crippen LogP contribution in [0.4, 0.5) is 5.69 Å². The van der Waals surface area contributed by atoms with E-state index >= 15 is 0 Å². The van der Waals surface area contributed by atoms with E-state index in [9.17, 15) is 4.79 Å². The third-order valence-electron chi connectivity index (χ3n) is 2.00. The standard InChI is InChI=1S/C11H16N2O2/c1-13(2)7-6-12-10-5-3-4-9(8-10)11(14)15/h3-5,8,12H,6-7H2,1-2H3,(H,14,15). The van der Waals surface area contributed by atoms with Gasteiger partial charge in [-0.25, -0.2) is 4.79 Å². The van der Waals surface area contributed by atoms with Crippen LogP contribution < -0.4 is 5.32 Å². The molecule has 0 amide bonds. The van der Waals surface area contributed by atoms with E-state index in [2.05, 4.69) is 10.2 Å². The second kappa shape index (κ2) is 5.36. The first-order valence-electron chi connectivity index (χ1n) is 4.81. The highest BCUT2D eigenvalue weighted by Crippen LogP contribution is 2.09. The van der Waals surface area contributed by atoms with Gasteiger partial charge in [-0.1, -0.05) is 6.07 Å². The highest BCUT2D eigenvalue weighted by atomic mass is 16.4. The normalized spacial score (nSPS) is 10.3. The lowest BCUT2D eigenvalue weighted by molar-refractivity contribution is 0.0697. The fourth-order valence-electron chi connectivity index (χ4n) is 1.19. The number of nitrogens with one attached hydrogen (secondary N) is 1. The lowest BCUT2D eigenvalue weighted by Gasteiger charge is -2.11. The van der Waals surface area contributed by atoms with Crippen LogP contribution in [0.5, 0.6) is 0 Å². The number of rotatable bonds is 5. The van der Waals surface area contributed by atoms with Gasteiger partial charge in [0.15, 0.2) is 0 Å². The molecule has 4 nitrogen and oxygen atoms in total. The van der Waals surface area contributed by atoms with Gasteiger partial charge in [0.1, 0.15) is 0 Å². The van der Waals surface area contributed by atoms with Crippen LogP contribution in [-0.4, -0.2) is 43.2 Å². The molecule has 0 saturated heterocycles. The number of likely N-dealkylation sites (N-methyl/N-ethyl adjacent to an activating group) is 1. The molecule has 1 aromatic carbocycles. The molecule has 0 radical (unpaired) electrons. The molecule has 0 unspecified atom stereocenters. The van der Waals surface area contributed by atoms with Crippen LogP contribution in [0.2, 0.25) is 0 Å². The van der Waals surface area contributed by atoms with Crippen molar-refractivity contribution in [3.63, 3.8) is 0 Å². The monoisotopic (exact) mass is 208 g/mol. The summed E-state index contributed by atoms with van der Waals surface area (Å²) in [5.74, 6) is -0.897. The van der Waals surface area contributed by atoms with E-state index in [1.54, 1.807) is 18.2 Å². The fourth-order valence-corrected chi connectivity index (χ4v) is 1.19. The molecule has 0 fully saturated rings. The number of hydrogen-bond acceptors (Lipinski definition) is 3. The number of benzene rings is 1. The summed E-state index contributed by atoms with van der Waals surface area (Å²) in [6, 6.07) is 6.82. The molecule has 0 spiro atoms. The van der Waals surface area contributed by atoms with E-state index in [-0.39, 0.29) is 0 Å². The highest BCUT2D eigenvalue weighted by molar-refractivity contribution is 5.88. The van der Waals surface area contributed by atoms with Crippen LogP contribution in [0.25, 0.3) is 0 Å². The first kappa shape index (κ1) is 11.5. The Labute approximate surface area is 89.5 Å². The largest absolute Gasteiger partial charge is 0.478 e. The molecule has 1 aromatic rings. The lowest BCUT2D eigenvalue weighted by Crippen LogP contribution is -2.20. The fraction of sp³-hybridized carbons (Fsp3) is 0.364. The van der Waals surface area contributed by atoms with Gasteiger partial charge < -0.3 is 15.3 Å². The maximum absolute atomic E-state index is 10.7. The Morgan fingerprint density at radius 1 is 1.47 bits per heavy atom. The summed E-state index contributed by atoms with van der Waals surface area (Å²) in [5.41, 5.74) is 1.15. The number of carbonyl (C=O) groups is 1. The molecule has 0 aliphatic rings. The van der Waals surface area contributed by atoms with Crippen molar-refractivity contribution in [1.82, 2.24) is 4.90 Å². The van der Waals surface area contributed by atoms with Crippen molar-refractivity contribution in [1.29, 1.82) is 0 Å². The summed E-state index contributed by atoms with van der Waals surface area (Å²) >= 11 is 0. The van der Waals surface area contributed by atoms with Gasteiger partial charge in [0.05, 0.1) is 5.56 Å².